The number of hydrogen-bond donors (Lipinski definition) is 0. The van der Waals surface area contributed by atoms with Gasteiger partial charge in [0, 0.05) is 30.5 Å². The third kappa shape index (κ3) is 3.47. The van der Waals surface area contributed by atoms with E-state index in [1.807, 2.05) is 41.3 Å². The van der Waals surface area contributed by atoms with E-state index < -0.39 is 0 Å². The Morgan fingerprint density at radius 2 is 1.73 bits per heavy atom. The van der Waals surface area contributed by atoms with Crippen LogP contribution >= 0.6 is 11.6 Å². The Balaban J connectivity index is 1.87. The molecule has 0 bridgehead atoms. The summed E-state index contributed by atoms with van der Waals surface area (Å²) in [7, 11) is 0. The van der Waals surface area contributed by atoms with E-state index in [0.29, 0.717) is 11.4 Å². The Morgan fingerprint density at radius 1 is 1.09 bits per heavy atom. The monoisotopic (exact) mass is 314 g/mol. The maximum absolute atomic E-state index is 12.9. The second kappa shape index (κ2) is 6.93. The molecule has 0 saturated carbocycles. The number of hydrogen-bond acceptors (Lipinski definition) is 2. The van der Waals surface area contributed by atoms with E-state index in [1.54, 1.807) is 12.4 Å². The van der Waals surface area contributed by atoms with Gasteiger partial charge in [-0.2, -0.15) is 0 Å². The van der Waals surface area contributed by atoms with Gasteiger partial charge in [0.1, 0.15) is 0 Å². The molecule has 1 aromatic heterocycles. The van der Waals surface area contributed by atoms with Crippen LogP contribution in [-0.4, -0.2) is 28.9 Å². The molecule has 2 aromatic rings. The first-order chi connectivity index (χ1) is 10.7. The molecule has 4 heteroatoms. The second-order valence-electron chi connectivity index (χ2n) is 5.70. The van der Waals surface area contributed by atoms with Gasteiger partial charge < -0.3 is 4.90 Å². The minimum Gasteiger partial charge on any atom is -0.342 e. The summed E-state index contributed by atoms with van der Waals surface area (Å²) in [5.41, 5.74) is 2.15. The minimum atomic E-state index is -0.155. The number of carbonyl (C=O) groups is 1. The summed E-state index contributed by atoms with van der Waals surface area (Å²) in [6.07, 6.45) is 6.45. The summed E-state index contributed by atoms with van der Waals surface area (Å²) < 4.78 is 0. The Hall–Kier alpha value is -1.87. The molecule has 0 spiro atoms. The Kier molecular flexibility index (Phi) is 4.74. The first kappa shape index (κ1) is 15.0. The minimum absolute atomic E-state index is 0.155. The van der Waals surface area contributed by atoms with Crippen LogP contribution in [0.1, 0.15) is 29.9 Å². The molecule has 1 saturated heterocycles. The van der Waals surface area contributed by atoms with E-state index in [9.17, 15) is 4.79 Å². The summed E-state index contributed by atoms with van der Waals surface area (Å²) >= 11 is 5.98. The molecule has 0 radical (unpaired) electrons. The average molecular weight is 315 g/mol. The van der Waals surface area contributed by atoms with E-state index >= 15 is 0 Å². The largest absolute Gasteiger partial charge is 0.342 e. The predicted octanol–water partition coefficient (Wildman–Crippen LogP) is 3.68. The van der Waals surface area contributed by atoms with Crippen molar-refractivity contribution in [2.45, 2.75) is 25.2 Å². The lowest BCUT2D eigenvalue weighted by Gasteiger charge is -2.23. The van der Waals surface area contributed by atoms with Crippen LogP contribution < -0.4 is 0 Å². The van der Waals surface area contributed by atoms with Gasteiger partial charge in [-0.25, -0.2) is 0 Å². The number of pyridine rings is 1. The van der Waals surface area contributed by atoms with Crippen molar-refractivity contribution in [3.63, 3.8) is 0 Å². The van der Waals surface area contributed by atoms with Crippen molar-refractivity contribution in [2.24, 2.45) is 0 Å². The van der Waals surface area contributed by atoms with E-state index in [-0.39, 0.29) is 11.8 Å². The lowest BCUT2D eigenvalue weighted by molar-refractivity contribution is -0.131. The molecule has 114 valence electrons. The third-order valence-corrected chi connectivity index (χ3v) is 4.43. The van der Waals surface area contributed by atoms with Gasteiger partial charge in [0.25, 0.3) is 0 Å². The summed E-state index contributed by atoms with van der Waals surface area (Å²) in [5, 5.41) is 0.694. The number of aromatic nitrogens is 1. The van der Waals surface area contributed by atoms with Crippen molar-refractivity contribution in [1.29, 1.82) is 0 Å². The van der Waals surface area contributed by atoms with Crippen LogP contribution in [0, 0.1) is 0 Å². The van der Waals surface area contributed by atoms with Crippen LogP contribution in [0.25, 0.3) is 0 Å². The Labute approximate surface area is 135 Å². The fraction of sp³-hybridized carbons (Fsp3) is 0.333. The molecule has 3 nitrogen and oxygen atoms in total. The van der Waals surface area contributed by atoms with E-state index in [2.05, 4.69) is 4.98 Å². The highest BCUT2D eigenvalue weighted by Gasteiger charge is 2.27. The predicted molar refractivity (Wildman–Crippen MR) is 87.9 cm³/mol. The van der Waals surface area contributed by atoms with Gasteiger partial charge in [-0.1, -0.05) is 23.7 Å². The standard InChI is InChI=1S/C18H19ClN2O/c19-16-5-3-15(4-6-16)17(13-14-7-9-20-10-8-14)18(22)21-11-1-2-12-21/h3-10,17H,1-2,11-13H2. The molecule has 1 amide bonds. The van der Waals surface area contributed by atoms with Crippen LogP contribution in [0.2, 0.25) is 5.02 Å². The van der Waals surface area contributed by atoms with Gasteiger partial charge in [-0.3, -0.25) is 9.78 Å². The molecule has 1 fully saturated rings. The maximum atomic E-state index is 12.9. The molecular formula is C18H19ClN2O. The van der Waals surface area contributed by atoms with E-state index in [4.69, 9.17) is 11.6 Å². The van der Waals surface area contributed by atoms with Crippen LogP contribution in [-0.2, 0) is 11.2 Å². The van der Waals surface area contributed by atoms with Crippen molar-refractivity contribution < 1.29 is 4.79 Å². The first-order valence-electron chi connectivity index (χ1n) is 7.67. The number of likely N-dealkylation sites (tertiary alicyclic amines) is 1. The zero-order valence-corrected chi connectivity index (χ0v) is 13.2. The maximum Gasteiger partial charge on any atom is 0.230 e. The Bertz CT molecular complexity index is 621. The number of carbonyl (C=O) groups excluding carboxylic acids is 1. The number of halogens is 1. The summed E-state index contributed by atoms with van der Waals surface area (Å²) in [5.74, 6) is 0.0643. The van der Waals surface area contributed by atoms with Crippen molar-refractivity contribution >= 4 is 17.5 Å². The molecular weight excluding hydrogens is 296 g/mol. The SMILES string of the molecule is O=C(C(Cc1ccncc1)c1ccc(Cl)cc1)N1CCCC1. The Morgan fingerprint density at radius 3 is 2.36 bits per heavy atom. The lowest BCUT2D eigenvalue weighted by atomic mass is 9.91. The van der Waals surface area contributed by atoms with Gasteiger partial charge in [-0.15, -0.1) is 0 Å². The zero-order valence-electron chi connectivity index (χ0n) is 12.4. The van der Waals surface area contributed by atoms with Crippen LogP contribution in [0.5, 0.6) is 0 Å². The normalized spacial score (nSPS) is 15.8. The molecule has 1 aliphatic heterocycles. The summed E-state index contributed by atoms with van der Waals surface area (Å²) in [6, 6.07) is 11.6. The smallest absolute Gasteiger partial charge is 0.230 e. The van der Waals surface area contributed by atoms with Gasteiger partial charge in [0.2, 0.25) is 5.91 Å². The number of rotatable bonds is 4. The van der Waals surface area contributed by atoms with Gasteiger partial charge in [0.15, 0.2) is 0 Å². The van der Waals surface area contributed by atoms with Crippen LogP contribution in [0.3, 0.4) is 0 Å². The number of nitrogens with zero attached hydrogens (tertiary/aromatic N) is 2. The fourth-order valence-corrected chi connectivity index (χ4v) is 3.08. The highest BCUT2D eigenvalue weighted by Crippen LogP contribution is 2.26. The molecule has 1 atom stereocenters. The topological polar surface area (TPSA) is 33.2 Å². The van der Waals surface area contributed by atoms with Gasteiger partial charge in [0.05, 0.1) is 5.92 Å². The quantitative estimate of drug-likeness (QED) is 0.862. The second-order valence-corrected chi connectivity index (χ2v) is 6.13. The van der Waals surface area contributed by atoms with Gasteiger partial charge >= 0.3 is 0 Å². The molecule has 3 rings (SSSR count). The summed E-state index contributed by atoms with van der Waals surface area (Å²) in [4.78, 5) is 18.9. The van der Waals surface area contributed by atoms with E-state index in [1.165, 1.54) is 0 Å². The first-order valence-corrected chi connectivity index (χ1v) is 8.05. The molecule has 0 aliphatic carbocycles. The molecule has 22 heavy (non-hydrogen) atoms. The lowest BCUT2D eigenvalue weighted by Crippen LogP contribution is -2.33. The van der Waals surface area contributed by atoms with Crippen molar-refractivity contribution in [1.82, 2.24) is 9.88 Å². The number of amides is 1. The van der Waals surface area contributed by atoms with Gasteiger partial charge in [-0.05, 0) is 54.7 Å². The van der Waals surface area contributed by atoms with Crippen LogP contribution in [0.15, 0.2) is 48.8 Å². The molecule has 1 unspecified atom stereocenters. The van der Waals surface area contributed by atoms with Crippen molar-refractivity contribution in [2.75, 3.05) is 13.1 Å². The molecule has 1 aliphatic rings. The average Bonchev–Trinajstić information content (AvgIpc) is 3.08. The highest BCUT2D eigenvalue weighted by atomic mass is 35.5. The fourth-order valence-electron chi connectivity index (χ4n) is 2.96. The van der Waals surface area contributed by atoms with Crippen molar-refractivity contribution in [3.8, 4) is 0 Å². The summed E-state index contributed by atoms with van der Waals surface area (Å²) in [6.45, 7) is 1.75. The van der Waals surface area contributed by atoms with Crippen molar-refractivity contribution in [3.05, 3.63) is 64.9 Å². The molecule has 2 heterocycles. The highest BCUT2D eigenvalue weighted by molar-refractivity contribution is 6.30. The zero-order chi connectivity index (χ0) is 15.4. The number of benzene rings is 1. The third-order valence-electron chi connectivity index (χ3n) is 4.18. The van der Waals surface area contributed by atoms with Crippen LogP contribution in [0.4, 0.5) is 0 Å². The molecule has 1 aromatic carbocycles. The van der Waals surface area contributed by atoms with E-state index in [0.717, 1.165) is 37.1 Å². The molecule has 0 N–H and O–H groups in total.